The number of pyridine rings is 1. The lowest BCUT2D eigenvalue weighted by atomic mass is 10.1. The van der Waals surface area contributed by atoms with E-state index >= 15 is 0 Å². The number of hydrogen-bond acceptors (Lipinski definition) is 5. The predicted octanol–water partition coefficient (Wildman–Crippen LogP) is 3.44. The van der Waals surface area contributed by atoms with Gasteiger partial charge in [-0.15, -0.1) is 11.8 Å². The lowest BCUT2D eigenvalue weighted by Gasteiger charge is -2.11. The number of hydrogen-bond donors (Lipinski definition) is 1. The summed E-state index contributed by atoms with van der Waals surface area (Å²) < 4.78 is 10.6. The zero-order chi connectivity index (χ0) is 15.2. The number of aliphatic hydroxyl groups is 1. The van der Waals surface area contributed by atoms with Gasteiger partial charge in [-0.3, -0.25) is 4.98 Å². The van der Waals surface area contributed by atoms with Crippen LogP contribution in [0.2, 0.25) is 0 Å². The third kappa shape index (κ3) is 3.89. The van der Waals surface area contributed by atoms with Crippen molar-refractivity contribution in [1.82, 2.24) is 4.98 Å². The number of aliphatic hydroxyl groups excluding tert-OH is 1. The molecule has 0 aliphatic rings. The van der Waals surface area contributed by atoms with Crippen molar-refractivity contribution in [1.29, 1.82) is 0 Å². The molecule has 0 aliphatic heterocycles. The second-order valence-electron chi connectivity index (χ2n) is 4.53. The van der Waals surface area contributed by atoms with Gasteiger partial charge in [0.05, 0.1) is 26.0 Å². The molecule has 0 fully saturated rings. The molecule has 0 saturated heterocycles. The lowest BCUT2D eigenvalue weighted by Crippen LogP contribution is -1.97. The fourth-order valence-corrected chi connectivity index (χ4v) is 2.79. The van der Waals surface area contributed by atoms with Gasteiger partial charge in [-0.25, -0.2) is 0 Å². The topological polar surface area (TPSA) is 51.6 Å². The Morgan fingerprint density at radius 1 is 1.14 bits per heavy atom. The van der Waals surface area contributed by atoms with Gasteiger partial charge in [-0.1, -0.05) is 12.1 Å². The van der Waals surface area contributed by atoms with Crippen LogP contribution in [0.5, 0.6) is 11.5 Å². The molecule has 5 heteroatoms. The highest BCUT2D eigenvalue weighted by atomic mass is 32.2. The molecule has 0 aliphatic carbocycles. The van der Waals surface area contributed by atoms with Gasteiger partial charge in [-0.2, -0.15) is 0 Å². The summed E-state index contributed by atoms with van der Waals surface area (Å²) in [4.78, 5) is 5.47. The Balaban J connectivity index is 2.09. The average molecular weight is 305 g/mol. The van der Waals surface area contributed by atoms with Gasteiger partial charge < -0.3 is 14.6 Å². The van der Waals surface area contributed by atoms with Crippen molar-refractivity contribution in [3.8, 4) is 11.5 Å². The number of methoxy groups -OCH3 is 2. The van der Waals surface area contributed by atoms with Gasteiger partial charge in [0.1, 0.15) is 0 Å². The molecule has 1 unspecified atom stereocenters. The Morgan fingerprint density at radius 3 is 2.43 bits per heavy atom. The van der Waals surface area contributed by atoms with Crippen molar-refractivity contribution in [3.05, 3.63) is 47.8 Å². The molecular weight excluding hydrogens is 286 g/mol. The van der Waals surface area contributed by atoms with Crippen molar-refractivity contribution in [2.75, 3.05) is 14.2 Å². The van der Waals surface area contributed by atoms with Crippen LogP contribution in [0.15, 0.2) is 41.4 Å². The van der Waals surface area contributed by atoms with E-state index in [0.29, 0.717) is 17.3 Å². The number of aromatic nitrogens is 1. The first-order valence-corrected chi connectivity index (χ1v) is 7.61. The summed E-state index contributed by atoms with van der Waals surface area (Å²) >= 11 is 1.66. The van der Waals surface area contributed by atoms with Crippen LogP contribution in [0.25, 0.3) is 0 Å². The third-order valence-corrected chi connectivity index (χ3v) is 4.13. The molecule has 1 heterocycles. The van der Waals surface area contributed by atoms with Crippen LogP contribution in [-0.2, 0) is 5.75 Å². The highest BCUT2D eigenvalue weighted by Crippen LogP contribution is 2.33. The average Bonchev–Trinajstić information content (AvgIpc) is 2.52. The van der Waals surface area contributed by atoms with E-state index in [-0.39, 0.29) is 0 Å². The number of ether oxygens (including phenoxy) is 2. The van der Waals surface area contributed by atoms with E-state index in [9.17, 15) is 5.11 Å². The molecule has 1 N–H and O–H groups in total. The molecule has 0 radical (unpaired) electrons. The maximum absolute atomic E-state index is 9.50. The Kier molecular flexibility index (Phi) is 5.47. The molecule has 1 aromatic heterocycles. The summed E-state index contributed by atoms with van der Waals surface area (Å²) in [6.45, 7) is 1.76. The van der Waals surface area contributed by atoms with Crippen molar-refractivity contribution in [3.63, 3.8) is 0 Å². The van der Waals surface area contributed by atoms with E-state index in [1.807, 2.05) is 24.3 Å². The van der Waals surface area contributed by atoms with Crippen LogP contribution in [-0.4, -0.2) is 24.3 Å². The predicted molar refractivity (Wildman–Crippen MR) is 84.0 cm³/mol. The third-order valence-electron chi connectivity index (χ3n) is 3.10. The molecule has 2 aromatic rings. The van der Waals surface area contributed by atoms with Crippen LogP contribution in [0.3, 0.4) is 0 Å². The molecule has 1 aromatic carbocycles. The summed E-state index contributed by atoms with van der Waals surface area (Å²) in [5, 5.41) is 9.50. The lowest BCUT2D eigenvalue weighted by molar-refractivity contribution is 0.199. The van der Waals surface area contributed by atoms with Gasteiger partial charge in [0.2, 0.25) is 0 Å². The van der Waals surface area contributed by atoms with Crippen molar-refractivity contribution >= 4 is 11.8 Å². The zero-order valence-corrected chi connectivity index (χ0v) is 13.2. The molecule has 0 saturated carbocycles. The first kappa shape index (κ1) is 15.7. The monoisotopic (exact) mass is 305 g/mol. The first-order chi connectivity index (χ1) is 10.2. The molecule has 2 rings (SSSR count). The van der Waals surface area contributed by atoms with Crippen molar-refractivity contribution < 1.29 is 14.6 Å². The normalized spacial score (nSPS) is 12.0. The summed E-state index contributed by atoms with van der Waals surface area (Å²) in [5.74, 6) is 2.05. The quantitative estimate of drug-likeness (QED) is 0.829. The fraction of sp³-hybridized carbons (Fsp3) is 0.312. The number of nitrogens with zero attached hydrogens (tertiary/aromatic N) is 1. The molecule has 0 amide bonds. The van der Waals surface area contributed by atoms with E-state index in [1.165, 1.54) is 0 Å². The maximum Gasteiger partial charge on any atom is 0.183 e. The molecule has 4 nitrogen and oxygen atoms in total. The number of thioether (sulfide) groups is 1. The van der Waals surface area contributed by atoms with E-state index in [2.05, 4.69) is 4.98 Å². The summed E-state index contributed by atoms with van der Waals surface area (Å²) in [6.07, 6.45) is 1.28. The van der Waals surface area contributed by atoms with E-state index in [4.69, 9.17) is 9.47 Å². The Bertz CT molecular complexity index is 585. The summed E-state index contributed by atoms with van der Waals surface area (Å²) in [5.41, 5.74) is 1.76. The Morgan fingerprint density at radius 2 is 1.86 bits per heavy atom. The Labute approximate surface area is 129 Å². The smallest absolute Gasteiger partial charge is 0.183 e. The first-order valence-electron chi connectivity index (χ1n) is 6.62. The largest absolute Gasteiger partial charge is 0.493 e. The molecule has 21 heavy (non-hydrogen) atoms. The van der Waals surface area contributed by atoms with Gasteiger partial charge in [0, 0.05) is 22.9 Å². The standard InChI is InChI=1S/C16H19NO3S/c1-11(18)12-4-6-13(7-5-12)21-10-14-16(20-3)15(19-2)8-9-17-14/h4-9,11,18H,10H2,1-3H3. The van der Waals surface area contributed by atoms with Crippen LogP contribution >= 0.6 is 11.8 Å². The van der Waals surface area contributed by atoms with Gasteiger partial charge in [0.15, 0.2) is 11.5 Å². The second-order valence-corrected chi connectivity index (χ2v) is 5.58. The molecule has 1 atom stereocenters. The fourth-order valence-electron chi connectivity index (χ4n) is 1.95. The van der Waals surface area contributed by atoms with E-state index in [1.54, 1.807) is 45.2 Å². The van der Waals surface area contributed by atoms with Crippen LogP contribution in [0.4, 0.5) is 0 Å². The minimum Gasteiger partial charge on any atom is -0.493 e. The molecule has 112 valence electrons. The van der Waals surface area contributed by atoms with Crippen LogP contribution in [0.1, 0.15) is 24.3 Å². The van der Waals surface area contributed by atoms with Crippen molar-refractivity contribution in [2.24, 2.45) is 0 Å². The second kappa shape index (κ2) is 7.33. The highest BCUT2D eigenvalue weighted by Gasteiger charge is 2.11. The zero-order valence-electron chi connectivity index (χ0n) is 12.4. The highest BCUT2D eigenvalue weighted by molar-refractivity contribution is 7.98. The molecular formula is C16H19NO3S. The van der Waals surface area contributed by atoms with Gasteiger partial charge in [-0.05, 0) is 24.6 Å². The number of benzene rings is 1. The maximum atomic E-state index is 9.50. The Hall–Kier alpha value is -1.72. The molecule has 0 spiro atoms. The van der Waals surface area contributed by atoms with Crippen LogP contribution in [0, 0.1) is 0 Å². The SMILES string of the molecule is COc1ccnc(CSc2ccc(C(C)O)cc2)c1OC. The minimum atomic E-state index is -0.441. The summed E-state index contributed by atoms with van der Waals surface area (Å²) in [7, 11) is 3.23. The number of rotatable bonds is 6. The summed E-state index contributed by atoms with van der Waals surface area (Å²) in [6, 6.07) is 9.65. The van der Waals surface area contributed by atoms with Crippen molar-refractivity contribution in [2.45, 2.75) is 23.7 Å². The van der Waals surface area contributed by atoms with E-state index in [0.717, 1.165) is 16.2 Å². The molecule has 0 bridgehead atoms. The van der Waals surface area contributed by atoms with Gasteiger partial charge >= 0.3 is 0 Å². The van der Waals surface area contributed by atoms with Crippen LogP contribution < -0.4 is 9.47 Å². The van der Waals surface area contributed by atoms with E-state index < -0.39 is 6.10 Å². The minimum absolute atomic E-state index is 0.441. The van der Waals surface area contributed by atoms with Gasteiger partial charge in [0.25, 0.3) is 0 Å².